The fraction of sp³-hybridized carbons (Fsp3) is 0.0556. The van der Waals surface area contributed by atoms with Crippen LogP contribution in [-0.4, -0.2) is 9.97 Å². The van der Waals surface area contributed by atoms with Crippen LogP contribution in [0, 0.1) is 18.8 Å². The van der Waals surface area contributed by atoms with Crippen molar-refractivity contribution >= 4 is 0 Å². The summed E-state index contributed by atoms with van der Waals surface area (Å²) in [5, 5.41) is 0. The van der Waals surface area contributed by atoms with E-state index in [0.717, 1.165) is 22.5 Å². The third kappa shape index (κ3) is 4.12. The van der Waals surface area contributed by atoms with Gasteiger partial charge in [0, 0.05) is 41.9 Å². The third-order valence-corrected chi connectivity index (χ3v) is 3.02. The van der Waals surface area contributed by atoms with Crippen molar-refractivity contribution in [3.63, 3.8) is 0 Å². The number of H-pyrrole nitrogens is 1. The lowest BCUT2D eigenvalue weighted by molar-refractivity contribution is -0.364. The molecular formula is C18H14IN3. The zero-order valence-corrected chi connectivity index (χ0v) is 14.2. The van der Waals surface area contributed by atoms with Gasteiger partial charge < -0.3 is 24.0 Å². The van der Waals surface area contributed by atoms with E-state index in [1.807, 2.05) is 48.8 Å². The Bertz CT molecular complexity index is 820. The Morgan fingerprint density at radius 3 is 2.45 bits per heavy atom. The number of hydrogen-bond acceptors (Lipinski definition) is 2. The highest BCUT2D eigenvalue weighted by atomic mass is 127. The predicted octanol–water partition coefficient (Wildman–Crippen LogP) is -0.330. The molecule has 0 aliphatic carbocycles. The molecule has 1 N–H and O–H groups in total. The van der Waals surface area contributed by atoms with Gasteiger partial charge in [-0.2, -0.15) is 0 Å². The number of halogens is 1. The quantitative estimate of drug-likeness (QED) is 0.416. The summed E-state index contributed by atoms with van der Waals surface area (Å²) in [5.41, 5.74) is 4.96. The molecule has 3 rings (SSSR count). The number of rotatable bonds is 1. The van der Waals surface area contributed by atoms with Crippen LogP contribution in [0.25, 0.3) is 11.4 Å². The molecule has 0 bridgehead atoms. The van der Waals surface area contributed by atoms with Gasteiger partial charge in [-0.3, -0.25) is 4.98 Å². The molecule has 22 heavy (non-hydrogen) atoms. The van der Waals surface area contributed by atoms with Crippen LogP contribution in [0.15, 0.2) is 61.2 Å². The average molecular weight is 399 g/mol. The van der Waals surface area contributed by atoms with Crippen molar-refractivity contribution < 1.29 is 29.0 Å². The summed E-state index contributed by atoms with van der Waals surface area (Å²) in [4.78, 5) is 11.6. The van der Waals surface area contributed by atoms with Crippen molar-refractivity contribution in [2.24, 2.45) is 0 Å². The van der Waals surface area contributed by atoms with Crippen LogP contribution in [-0.2, 0) is 0 Å². The van der Waals surface area contributed by atoms with Gasteiger partial charge in [0.15, 0.2) is 6.20 Å². The fourth-order valence-electron chi connectivity index (χ4n) is 1.96. The summed E-state index contributed by atoms with van der Waals surface area (Å²) < 4.78 is 0. The molecular weight excluding hydrogens is 385 g/mol. The van der Waals surface area contributed by atoms with E-state index in [2.05, 4.69) is 33.7 Å². The third-order valence-electron chi connectivity index (χ3n) is 3.02. The summed E-state index contributed by atoms with van der Waals surface area (Å²) in [5.74, 6) is 6.29. The first-order chi connectivity index (χ1) is 10.3. The first-order valence-electron chi connectivity index (χ1n) is 6.68. The van der Waals surface area contributed by atoms with Crippen LogP contribution in [0.5, 0.6) is 0 Å². The van der Waals surface area contributed by atoms with Gasteiger partial charge in [0.2, 0.25) is 5.69 Å². The minimum Gasteiger partial charge on any atom is -1.00 e. The molecule has 3 aromatic heterocycles. The predicted molar refractivity (Wildman–Crippen MR) is 81.2 cm³/mol. The van der Waals surface area contributed by atoms with E-state index in [1.54, 1.807) is 12.4 Å². The van der Waals surface area contributed by atoms with Crippen LogP contribution in [0.3, 0.4) is 0 Å². The number of hydrogen-bond donors (Lipinski definition) is 0. The maximum atomic E-state index is 4.38. The smallest absolute Gasteiger partial charge is 0.230 e. The second kappa shape index (κ2) is 7.66. The van der Waals surface area contributed by atoms with E-state index in [4.69, 9.17) is 0 Å². The molecule has 0 amide bonds. The first kappa shape index (κ1) is 16.1. The Labute approximate surface area is 146 Å². The summed E-state index contributed by atoms with van der Waals surface area (Å²) in [6.45, 7) is 2.05. The van der Waals surface area contributed by atoms with E-state index < -0.39 is 0 Å². The molecule has 3 aromatic rings. The molecule has 0 saturated carbocycles. The van der Waals surface area contributed by atoms with E-state index in [9.17, 15) is 0 Å². The largest absolute Gasteiger partial charge is 1.00 e. The van der Waals surface area contributed by atoms with Crippen molar-refractivity contribution in [2.75, 3.05) is 0 Å². The summed E-state index contributed by atoms with van der Waals surface area (Å²) in [6, 6.07) is 11.8. The van der Waals surface area contributed by atoms with E-state index in [1.165, 1.54) is 5.56 Å². The van der Waals surface area contributed by atoms with Crippen LogP contribution < -0.4 is 29.0 Å². The zero-order chi connectivity index (χ0) is 14.5. The van der Waals surface area contributed by atoms with Crippen molar-refractivity contribution in [2.45, 2.75) is 6.92 Å². The van der Waals surface area contributed by atoms with Gasteiger partial charge in [0.25, 0.3) is 0 Å². The van der Waals surface area contributed by atoms with Crippen LogP contribution in [0.1, 0.15) is 16.7 Å². The second-order valence-corrected chi connectivity index (χ2v) is 4.70. The number of nitrogens with zero attached hydrogens (tertiary/aromatic N) is 2. The Balaban J connectivity index is 0.00000176. The number of aromatic nitrogens is 3. The van der Waals surface area contributed by atoms with Gasteiger partial charge in [-0.05, 0) is 36.8 Å². The maximum absolute atomic E-state index is 4.38. The second-order valence-electron chi connectivity index (χ2n) is 4.70. The normalized spacial score (nSPS) is 9.32. The lowest BCUT2D eigenvalue weighted by atomic mass is 10.1. The van der Waals surface area contributed by atoms with Crippen molar-refractivity contribution in [1.29, 1.82) is 0 Å². The number of aromatic amines is 1. The molecule has 0 fully saturated rings. The summed E-state index contributed by atoms with van der Waals surface area (Å²) in [6.07, 6.45) is 7.18. The molecule has 0 aliphatic rings. The minimum atomic E-state index is 0. The lowest BCUT2D eigenvalue weighted by Crippen LogP contribution is -3.00. The van der Waals surface area contributed by atoms with Gasteiger partial charge in [-0.15, -0.1) is 0 Å². The van der Waals surface area contributed by atoms with Crippen molar-refractivity contribution in [1.82, 2.24) is 9.97 Å². The van der Waals surface area contributed by atoms with Gasteiger partial charge >= 0.3 is 0 Å². The molecule has 4 heteroatoms. The molecule has 0 unspecified atom stereocenters. The first-order valence-corrected chi connectivity index (χ1v) is 6.68. The van der Waals surface area contributed by atoms with E-state index in [0.29, 0.717) is 0 Å². The van der Waals surface area contributed by atoms with Crippen LogP contribution in [0.2, 0.25) is 0 Å². The Hall–Kier alpha value is -2.26. The zero-order valence-electron chi connectivity index (χ0n) is 12.0. The standard InChI is InChI=1S/C18H13N3.HI/c1-14-4-10-20-17(12-14)18-13-16(7-11-21-18)3-2-15-5-8-19-9-6-15;/h4-13H,1H3;1H. The highest BCUT2D eigenvalue weighted by molar-refractivity contribution is 5.54. The molecule has 3 nitrogen and oxygen atoms in total. The van der Waals surface area contributed by atoms with Crippen LogP contribution in [0.4, 0.5) is 0 Å². The molecule has 0 atom stereocenters. The highest BCUT2D eigenvalue weighted by Crippen LogP contribution is 2.13. The van der Waals surface area contributed by atoms with E-state index in [-0.39, 0.29) is 24.0 Å². The minimum absolute atomic E-state index is 0. The molecule has 108 valence electrons. The molecule has 0 aliphatic heterocycles. The topological polar surface area (TPSA) is 39.9 Å². The monoisotopic (exact) mass is 399 g/mol. The SMILES string of the molecule is Cc1ccnc(-c2cc(C#Cc3ccncc3)cc[nH+]2)c1.[I-]. The lowest BCUT2D eigenvalue weighted by Gasteiger charge is -1.97. The number of pyridine rings is 3. The fourth-order valence-corrected chi connectivity index (χ4v) is 1.96. The number of nitrogens with one attached hydrogen (secondary N) is 1. The highest BCUT2D eigenvalue weighted by Gasteiger charge is 2.07. The Kier molecular flexibility index (Phi) is 5.61. The van der Waals surface area contributed by atoms with Gasteiger partial charge in [-0.25, -0.2) is 9.97 Å². The molecule has 0 saturated heterocycles. The van der Waals surface area contributed by atoms with Crippen molar-refractivity contribution in [3.05, 3.63) is 77.9 Å². The Morgan fingerprint density at radius 2 is 1.68 bits per heavy atom. The average Bonchev–Trinajstić information content (AvgIpc) is 2.54. The van der Waals surface area contributed by atoms with E-state index >= 15 is 0 Å². The summed E-state index contributed by atoms with van der Waals surface area (Å²) in [7, 11) is 0. The Morgan fingerprint density at radius 1 is 0.909 bits per heavy atom. The van der Waals surface area contributed by atoms with Crippen molar-refractivity contribution in [3.8, 4) is 23.2 Å². The summed E-state index contributed by atoms with van der Waals surface area (Å²) >= 11 is 0. The molecule has 3 heterocycles. The van der Waals surface area contributed by atoms with Gasteiger partial charge in [-0.1, -0.05) is 11.8 Å². The van der Waals surface area contributed by atoms with Gasteiger partial charge in [0.05, 0.1) is 0 Å². The van der Waals surface area contributed by atoms with Crippen LogP contribution >= 0.6 is 0 Å². The maximum Gasteiger partial charge on any atom is 0.230 e. The molecule has 0 spiro atoms. The molecule has 0 radical (unpaired) electrons. The van der Waals surface area contributed by atoms with Gasteiger partial charge in [0.1, 0.15) is 5.69 Å². The number of aryl methyl sites for hydroxylation is 1. The molecule has 0 aromatic carbocycles.